The second-order valence-corrected chi connectivity index (χ2v) is 5.81. The number of carbonyl (C=O) groups is 1. The average molecular weight is 393 g/mol. The minimum absolute atomic E-state index is 0.0429. The molecule has 2 rings (SSSR count). The van der Waals surface area contributed by atoms with E-state index < -0.39 is 11.7 Å². The van der Waals surface area contributed by atoms with Gasteiger partial charge in [0.15, 0.2) is 0 Å². The zero-order valence-corrected chi connectivity index (χ0v) is 13.8. The number of hydrogen-bond acceptors (Lipinski definition) is 2. The lowest BCUT2D eigenvalue weighted by Gasteiger charge is -2.12. The van der Waals surface area contributed by atoms with E-state index in [0.717, 1.165) is 0 Å². The minimum atomic E-state index is -0.572. The summed E-state index contributed by atoms with van der Waals surface area (Å²) in [4.78, 5) is 12.2. The summed E-state index contributed by atoms with van der Waals surface area (Å²) in [7, 11) is 1.38. The van der Waals surface area contributed by atoms with Crippen LogP contribution in [0.4, 0.5) is 10.1 Å². The van der Waals surface area contributed by atoms with Crippen molar-refractivity contribution in [3.05, 3.63) is 56.2 Å². The van der Waals surface area contributed by atoms with Crippen LogP contribution in [-0.2, 0) is 0 Å². The maximum absolute atomic E-state index is 13.7. The quantitative estimate of drug-likeness (QED) is 0.783. The summed E-state index contributed by atoms with van der Waals surface area (Å²) in [5.41, 5.74) is 0.165. The highest BCUT2D eigenvalue weighted by Crippen LogP contribution is 2.33. The van der Waals surface area contributed by atoms with Crippen LogP contribution >= 0.6 is 39.1 Å². The first kappa shape index (κ1) is 16.1. The number of carbonyl (C=O) groups excluding carboxylic acids is 1. The Hall–Kier alpha value is -1.30. The van der Waals surface area contributed by atoms with Gasteiger partial charge in [-0.2, -0.15) is 0 Å². The van der Waals surface area contributed by atoms with Gasteiger partial charge in [-0.25, -0.2) is 4.39 Å². The molecule has 0 heterocycles. The van der Waals surface area contributed by atoms with Crippen LogP contribution in [0.5, 0.6) is 5.75 Å². The molecule has 0 unspecified atom stereocenters. The van der Waals surface area contributed by atoms with Gasteiger partial charge in [0.2, 0.25) is 0 Å². The number of benzene rings is 2. The van der Waals surface area contributed by atoms with Gasteiger partial charge in [-0.15, -0.1) is 0 Å². The largest absolute Gasteiger partial charge is 0.494 e. The second-order valence-electron chi connectivity index (χ2n) is 4.05. The third-order valence-corrected chi connectivity index (χ3v) is 3.63. The molecule has 2 aromatic carbocycles. The van der Waals surface area contributed by atoms with Crippen LogP contribution < -0.4 is 10.1 Å². The Morgan fingerprint density at radius 3 is 2.62 bits per heavy atom. The van der Waals surface area contributed by atoms with Crippen LogP contribution in [0.15, 0.2) is 34.8 Å². The Kier molecular flexibility index (Phi) is 5.08. The van der Waals surface area contributed by atoms with Crippen molar-refractivity contribution in [3.63, 3.8) is 0 Å². The summed E-state index contributed by atoms with van der Waals surface area (Å²) < 4.78 is 19.4. The summed E-state index contributed by atoms with van der Waals surface area (Å²) in [6.45, 7) is 0. The molecule has 110 valence electrons. The van der Waals surface area contributed by atoms with E-state index in [-0.39, 0.29) is 27.0 Å². The molecule has 1 amide bonds. The molecular formula is C14H9BrCl2FNO2. The molecular weight excluding hydrogens is 384 g/mol. The van der Waals surface area contributed by atoms with Gasteiger partial charge < -0.3 is 10.1 Å². The molecule has 0 radical (unpaired) electrons. The van der Waals surface area contributed by atoms with Gasteiger partial charge in [-0.05, 0) is 30.3 Å². The lowest BCUT2D eigenvalue weighted by Crippen LogP contribution is -2.14. The van der Waals surface area contributed by atoms with Crippen LogP contribution in [0.25, 0.3) is 0 Å². The van der Waals surface area contributed by atoms with Crippen molar-refractivity contribution in [2.24, 2.45) is 0 Å². The van der Waals surface area contributed by atoms with Gasteiger partial charge >= 0.3 is 0 Å². The number of anilines is 1. The van der Waals surface area contributed by atoms with Crippen molar-refractivity contribution in [1.29, 1.82) is 0 Å². The fraction of sp³-hybridized carbons (Fsp3) is 0.0714. The lowest BCUT2D eigenvalue weighted by atomic mass is 10.1. The molecule has 0 saturated heterocycles. The molecule has 1 N–H and O–H groups in total. The van der Waals surface area contributed by atoms with E-state index in [1.165, 1.54) is 31.4 Å². The fourth-order valence-electron chi connectivity index (χ4n) is 1.72. The molecule has 3 nitrogen and oxygen atoms in total. The number of nitrogens with one attached hydrogen (secondary N) is 1. The molecule has 0 atom stereocenters. The van der Waals surface area contributed by atoms with E-state index >= 15 is 0 Å². The predicted molar refractivity (Wildman–Crippen MR) is 85.1 cm³/mol. The second kappa shape index (κ2) is 6.64. The Balaban J connectivity index is 2.36. The van der Waals surface area contributed by atoms with Crippen LogP contribution in [-0.4, -0.2) is 13.0 Å². The molecule has 0 aliphatic rings. The van der Waals surface area contributed by atoms with Gasteiger partial charge in [0.25, 0.3) is 5.91 Å². The molecule has 0 bridgehead atoms. The number of hydrogen-bond donors (Lipinski definition) is 1. The van der Waals surface area contributed by atoms with Gasteiger partial charge in [-0.1, -0.05) is 39.1 Å². The Labute approximate surface area is 139 Å². The van der Waals surface area contributed by atoms with Gasteiger partial charge in [0, 0.05) is 9.50 Å². The van der Waals surface area contributed by atoms with Crippen LogP contribution in [0.2, 0.25) is 10.0 Å². The topological polar surface area (TPSA) is 38.3 Å². The van der Waals surface area contributed by atoms with E-state index in [9.17, 15) is 9.18 Å². The van der Waals surface area contributed by atoms with Crippen LogP contribution in [0, 0.1) is 5.82 Å². The third kappa shape index (κ3) is 3.67. The molecule has 2 aromatic rings. The summed E-state index contributed by atoms with van der Waals surface area (Å²) in [6, 6.07) is 7.16. The standard InChI is InChI=1S/C14H9BrCl2FNO2/c1-21-13-9(5-8(16)6-10(13)17)14(20)19-12-3-2-7(15)4-11(12)18/h2-6H,1H3,(H,19,20). The third-order valence-electron chi connectivity index (χ3n) is 2.64. The van der Waals surface area contributed by atoms with Crippen molar-refractivity contribution in [1.82, 2.24) is 0 Å². The highest BCUT2D eigenvalue weighted by molar-refractivity contribution is 9.10. The molecule has 7 heteroatoms. The van der Waals surface area contributed by atoms with Crippen molar-refractivity contribution >= 4 is 50.7 Å². The normalized spacial score (nSPS) is 10.3. The summed E-state index contributed by atoms with van der Waals surface area (Å²) >= 11 is 15.0. The smallest absolute Gasteiger partial charge is 0.259 e. The number of methoxy groups -OCH3 is 1. The molecule has 0 fully saturated rings. The molecule has 21 heavy (non-hydrogen) atoms. The van der Waals surface area contributed by atoms with E-state index in [1.54, 1.807) is 6.07 Å². The van der Waals surface area contributed by atoms with E-state index in [0.29, 0.717) is 4.47 Å². The van der Waals surface area contributed by atoms with E-state index in [1.807, 2.05) is 0 Å². The van der Waals surface area contributed by atoms with E-state index in [2.05, 4.69) is 21.2 Å². The number of rotatable bonds is 3. The molecule has 0 spiro atoms. The first-order valence-corrected chi connectivity index (χ1v) is 7.26. The average Bonchev–Trinajstić information content (AvgIpc) is 2.41. The summed E-state index contributed by atoms with van der Waals surface area (Å²) in [6.07, 6.45) is 0. The first-order chi connectivity index (χ1) is 9.92. The highest BCUT2D eigenvalue weighted by Gasteiger charge is 2.18. The highest BCUT2D eigenvalue weighted by atomic mass is 79.9. The number of halogens is 4. The zero-order valence-electron chi connectivity index (χ0n) is 10.7. The molecule has 0 aliphatic heterocycles. The summed E-state index contributed by atoms with van der Waals surface area (Å²) in [5.74, 6) is -0.960. The Morgan fingerprint density at radius 2 is 2.00 bits per heavy atom. The zero-order chi connectivity index (χ0) is 15.6. The first-order valence-electron chi connectivity index (χ1n) is 5.72. The van der Waals surface area contributed by atoms with E-state index in [4.69, 9.17) is 27.9 Å². The van der Waals surface area contributed by atoms with Crippen molar-refractivity contribution in [3.8, 4) is 5.75 Å². The van der Waals surface area contributed by atoms with Gasteiger partial charge in [0.05, 0.1) is 23.4 Å². The molecule has 0 aliphatic carbocycles. The maximum atomic E-state index is 13.7. The van der Waals surface area contributed by atoms with Gasteiger partial charge in [0.1, 0.15) is 11.6 Å². The monoisotopic (exact) mass is 391 g/mol. The SMILES string of the molecule is COc1c(Cl)cc(Cl)cc1C(=O)Nc1ccc(Br)cc1F. The van der Waals surface area contributed by atoms with Crippen molar-refractivity contribution in [2.45, 2.75) is 0 Å². The minimum Gasteiger partial charge on any atom is -0.494 e. The van der Waals surface area contributed by atoms with Crippen LogP contribution in [0.1, 0.15) is 10.4 Å². The summed E-state index contributed by atoms with van der Waals surface area (Å²) in [5, 5.41) is 2.93. The predicted octanol–water partition coefficient (Wildman–Crippen LogP) is 5.16. The maximum Gasteiger partial charge on any atom is 0.259 e. The van der Waals surface area contributed by atoms with Gasteiger partial charge in [-0.3, -0.25) is 4.79 Å². The van der Waals surface area contributed by atoms with Crippen molar-refractivity contribution < 1.29 is 13.9 Å². The lowest BCUT2D eigenvalue weighted by molar-refractivity contribution is 0.102. The number of ether oxygens (including phenoxy) is 1. The molecule has 0 saturated carbocycles. The molecule has 0 aromatic heterocycles. The van der Waals surface area contributed by atoms with Crippen LogP contribution in [0.3, 0.4) is 0 Å². The Morgan fingerprint density at radius 1 is 1.29 bits per heavy atom. The van der Waals surface area contributed by atoms with Crippen molar-refractivity contribution in [2.75, 3.05) is 12.4 Å². The fourth-order valence-corrected chi connectivity index (χ4v) is 2.62. The Bertz CT molecular complexity index is 710. The number of amides is 1.